The largest absolute Gasteiger partial charge is 0.480 e. The molecule has 7 nitrogen and oxygen atoms in total. The fourth-order valence-corrected chi connectivity index (χ4v) is 2.44. The molecule has 1 unspecified atom stereocenters. The van der Waals surface area contributed by atoms with Crippen molar-refractivity contribution in [1.29, 1.82) is 0 Å². The van der Waals surface area contributed by atoms with Crippen molar-refractivity contribution in [1.82, 2.24) is 5.32 Å². The molecule has 3 N–H and O–H groups in total. The Bertz CT molecular complexity index is 612. The van der Waals surface area contributed by atoms with E-state index in [0.29, 0.717) is 11.4 Å². The van der Waals surface area contributed by atoms with Crippen LogP contribution in [-0.2, 0) is 9.59 Å². The maximum atomic E-state index is 12.3. The minimum absolute atomic E-state index is 0.0136. The second kappa shape index (κ2) is 5.08. The number of fused-ring (bicyclic) bond motifs is 1. The fourth-order valence-electron chi connectivity index (χ4n) is 2.44. The second-order valence-electron chi connectivity index (χ2n) is 5.25. The van der Waals surface area contributed by atoms with E-state index in [2.05, 4.69) is 10.6 Å². The molecule has 1 aromatic carbocycles. The first-order chi connectivity index (χ1) is 10.1. The first-order valence-electron chi connectivity index (χ1n) is 6.76. The van der Waals surface area contributed by atoms with E-state index in [0.717, 1.165) is 12.8 Å². The van der Waals surface area contributed by atoms with Gasteiger partial charge < -0.3 is 15.7 Å². The van der Waals surface area contributed by atoms with Crippen LogP contribution in [-0.4, -0.2) is 35.6 Å². The van der Waals surface area contributed by atoms with Gasteiger partial charge in [0.15, 0.2) is 0 Å². The third kappa shape index (κ3) is 2.67. The highest BCUT2D eigenvalue weighted by atomic mass is 16.4. The minimum atomic E-state index is -1.04. The lowest BCUT2D eigenvalue weighted by atomic mass is 10.2. The Morgan fingerprint density at radius 1 is 1.33 bits per heavy atom. The summed E-state index contributed by atoms with van der Waals surface area (Å²) in [5.74, 6) is -1.36. The Labute approximate surface area is 120 Å². The van der Waals surface area contributed by atoms with E-state index in [-0.39, 0.29) is 18.4 Å². The quantitative estimate of drug-likeness (QED) is 0.773. The molecule has 2 aliphatic rings. The fraction of sp³-hybridized carbons (Fsp3) is 0.357. The molecular formula is C14H15N3O4. The van der Waals surface area contributed by atoms with E-state index in [4.69, 9.17) is 5.11 Å². The van der Waals surface area contributed by atoms with Gasteiger partial charge in [0.05, 0.1) is 11.4 Å². The number of carboxylic acids is 1. The Hall–Kier alpha value is -2.57. The summed E-state index contributed by atoms with van der Waals surface area (Å²) >= 11 is 0. The van der Waals surface area contributed by atoms with Crippen LogP contribution in [0.4, 0.5) is 16.2 Å². The van der Waals surface area contributed by atoms with Crippen LogP contribution in [0.2, 0.25) is 0 Å². The maximum Gasteiger partial charge on any atom is 0.326 e. The second-order valence-corrected chi connectivity index (χ2v) is 5.25. The van der Waals surface area contributed by atoms with Crippen LogP contribution in [0.1, 0.15) is 12.8 Å². The summed E-state index contributed by atoms with van der Waals surface area (Å²) in [5, 5.41) is 14.4. The molecule has 1 aliphatic carbocycles. The number of carbonyl (C=O) groups excluding carboxylic acids is 2. The van der Waals surface area contributed by atoms with Crippen molar-refractivity contribution in [2.75, 3.05) is 16.8 Å². The van der Waals surface area contributed by atoms with Crippen molar-refractivity contribution < 1.29 is 19.5 Å². The van der Waals surface area contributed by atoms with Crippen LogP contribution in [0, 0.1) is 5.92 Å². The molecule has 0 aromatic heterocycles. The lowest BCUT2D eigenvalue weighted by molar-refractivity contribution is -0.139. The zero-order valence-electron chi connectivity index (χ0n) is 11.2. The van der Waals surface area contributed by atoms with Gasteiger partial charge in [-0.3, -0.25) is 9.69 Å². The topological polar surface area (TPSA) is 98.7 Å². The van der Waals surface area contributed by atoms with Crippen molar-refractivity contribution in [3.8, 4) is 0 Å². The van der Waals surface area contributed by atoms with E-state index in [1.54, 1.807) is 24.3 Å². The summed E-state index contributed by atoms with van der Waals surface area (Å²) in [6.45, 7) is -0.125. The number of aliphatic carboxylic acids is 1. The van der Waals surface area contributed by atoms with Gasteiger partial charge in [0.1, 0.15) is 12.6 Å². The molecule has 1 aromatic rings. The van der Waals surface area contributed by atoms with E-state index < -0.39 is 18.0 Å². The average Bonchev–Trinajstić information content (AvgIpc) is 3.27. The van der Waals surface area contributed by atoms with Gasteiger partial charge in [0.2, 0.25) is 5.91 Å². The van der Waals surface area contributed by atoms with Crippen LogP contribution in [0.15, 0.2) is 24.3 Å². The van der Waals surface area contributed by atoms with Gasteiger partial charge in [-0.25, -0.2) is 9.59 Å². The van der Waals surface area contributed by atoms with Crippen molar-refractivity contribution in [3.05, 3.63) is 24.3 Å². The monoisotopic (exact) mass is 289 g/mol. The molecule has 1 heterocycles. The number of carbonyl (C=O) groups is 3. The average molecular weight is 289 g/mol. The van der Waals surface area contributed by atoms with Crippen molar-refractivity contribution >= 4 is 29.3 Å². The number of urea groups is 1. The molecular weight excluding hydrogens is 274 g/mol. The van der Waals surface area contributed by atoms with Crippen molar-refractivity contribution in [2.45, 2.75) is 18.9 Å². The Balaban J connectivity index is 1.81. The Morgan fingerprint density at radius 3 is 2.71 bits per heavy atom. The molecule has 0 spiro atoms. The number of amides is 3. The van der Waals surface area contributed by atoms with Gasteiger partial charge in [-0.1, -0.05) is 12.1 Å². The third-order valence-electron chi connectivity index (χ3n) is 3.65. The summed E-state index contributed by atoms with van der Waals surface area (Å²) in [6.07, 6.45) is 1.60. The van der Waals surface area contributed by atoms with Crippen LogP contribution < -0.4 is 15.5 Å². The lowest BCUT2D eigenvalue weighted by Gasteiger charge is -2.30. The molecule has 0 saturated heterocycles. The van der Waals surface area contributed by atoms with Crippen LogP contribution in [0.3, 0.4) is 0 Å². The van der Waals surface area contributed by atoms with Crippen LogP contribution in [0.5, 0.6) is 0 Å². The summed E-state index contributed by atoms with van der Waals surface area (Å²) in [4.78, 5) is 36.4. The van der Waals surface area contributed by atoms with E-state index in [1.165, 1.54) is 4.90 Å². The van der Waals surface area contributed by atoms with Gasteiger partial charge in [-0.15, -0.1) is 0 Å². The van der Waals surface area contributed by atoms with Gasteiger partial charge >= 0.3 is 12.0 Å². The molecule has 21 heavy (non-hydrogen) atoms. The Kier molecular flexibility index (Phi) is 3.25. The molecule has 1 saturated carbocycles. The number of anilines is 2. The molecule has 1 aliphatic heterocycles. The van der Waals surface area contributed by atoms with Gasteiger partial charge in [0.25, 0.3) is 0 Å². The number of rotatable bonds is 3. The molecule has 0 bridgehead atoms. The number of nitrogens with one attached hydrogen (secondary N) is 2. The molecule has 110 valence electrons. The van der Waals surface area contributed by atoms with Crippen molar-refractivity contribution in [3.63, 3.8) is 0 Å². The smallest absolute Gasteiger partial charge is 0.326 e. The highest BCUT2D eigenvalue weighted by Gasteiger charge is 2.39. The number of benzene rings is 1. The van der Waals surface area contributed by atoms with Crippen LogP contribution in [0.25, 0.3) is 0 Å². The highest BCUT2D eigenvalue weighted by molar-refractivity contribution is 6.09. The summed E-state index contributed by atoms with van der Waals surface area (Å²) in [7, 11) is 0. The number of carboxylic acid groups (broad SMARTS) is 1. The van der Waals surface area contributed by atoms with Crippen LogP contribution >= 0.6 is 0 Å². The first-order valence-corrected chi connectivity index (χ1v) is 6.76. The molecule has 1 fully saturated rings. The summed E-state index contributed by atoms with van der Waals surface area (Å²) in [5.41, 5.74) is 1.11. The van der Waals surface area contributed by atoms with Crippen molar-refractivity contribution in [2.24, 2.45) is 5.92 Å². The number of hydrogen-bond donors (Lipinski definition) is 3. The summed E-state index contributed by atoms with van der Waals surface area (Å²) < 4.78 is 0. The zero-order valence-corrected chi connectivity index (χ0v) is 11.2. The number of hydrogen-bond acceptors (Lipinski definition) is 3. The van der Waals surface area contributed by atoms with Gasteiger partial charge in [-0.05, 0) is 30.9 Å². The maximum absolute atomic E-state index is 12.3. The minimum Gasteiger partial charge on any atom is -0.480 e. The molecule has 0 radical (unpaired) electrons. The Morgan fingerprint density at radius 2 is 2.05 bits per heavy atom. The van der Waals surface area contributed by atoms with E-state index >= 15 is 0 Å². The molecule has 1 atom stereocenters. The molecule has 3 rings (SSSR count). The predicted octanol–water partition coefficient (Wildman–Crippen LogP) is 1.02. The highest BCUT2D eigenvalue weighted by Crippen LogP contribution is 2.33. The van der Waals surface area contributed by atoms with Gasteiger partial charge in [0, 0.05) is 0 Å². The summed E-state index contributed by atoms with van der Waals surface area (Å²) in [6, 6.07) is 5.46. The standard InChI is InChI=1S/C14H15N3O4/c18-11-7-17(10-4-2-1-3-9(10)15-11)14(21)16-12(13(19)20)8-5-6-8/h1-4,8,12H,5-7H2,(H,15,18)(H,16,21)(H,19,20). The molecule has 3 amide bonds. The van der Waals surface area contributed by atoms with E-state index in [1.807, 2.05) is 0 Å². The normalized spacial score (nSPS) is 18.5. The first kappa shape index (κ1) is 13.4. The third-order valence-corrected chi connectivity index (χ3v) is 3.65. The zero-order chi connectivity index (χ0) is 15.0. The molecule has 7 heteroatoms. The number of nitrogens with zero attached hydrogens (tertiary/aromatic N) is 1. The SMILES string of the molecule is O=C1CN(C(=O)NC(C(=O)O)C2CC2)c2ccccc2N1. The van der Waals surface area contributed by atoms with E-state index in [9.17, 15) is 14.4 Å². The number of para-hydroxylation sites is 2. The predicted molar refractivity (Wildman–Crippen MR) is 75.1 cm³/mol. The van der Waals surface area contributed by atoms with Gasteiger partial charge in [-0.2, -0.15) is 0 Å². The lowest BCUT2D eigenvalue weighted by Crippen LogP contribution is -2.52.